The molecule has 0 saturated heterocycles. The van der Waals surface area contributed by atoms with Crippen LogP contribution in [-0.4, -0.2) is 26.8 Å². The van der Waals surface area contributed by atoms with Crippen LogP contribution in [0.3, 0.4) is 0 Å². The van der Waals surface area contributed by atoms with Crippen LogP contribution in [0.15, 0.2) is 29.2 Å². The van der Waals surface area contributed by atoms with Crippen LogP contribution in [0.4, 0.5) is 23.5 Å². The molecule has 5 N–H and O–H groups in total. The molecular weight excluding hydrogens is 344 g/mol. The minimum absolute atomic E-state index is 0.131. The lowest BCUT2D eigenvalue weighted by atomic mass is 10.1. The molecule has 136 valence electrons. The summed E-state index contributed by atoms with van der Waals surface area (Å²) in [6, 6.07) is 7.21. The lowest BCUT2D eigenvalue weighted by molar-refractivity contribution is -0.432. The topological polar surface area (TPSA) is 127 Å². The van der Waals surface area contributed by atoms with E-state index >= 15 is 0 Å². The van der Waals surface area contributed by atoms with Gasteiger partial charge in [0.15, 0.2) is 0 Å². The highest BCUT2D eigenvalue weighted by molar-refractivity contribution is 7.94. The van der Waals surface area contributed by atoms with E-state index in [1.54, 1.807) is 18.2 Å². The fraction of sp³-hybridized carbons (Fsp3) is 0.400. The molecule has 0 aliphatic carbocycles. The molecule has 2 rings (SSSR count). The second kappa shape index (κ2) is 9.99. The van der Waals surface area contributed by atoms with Crippen LogP contribution in [0.5, 0.6) is 0 Å². The van der Waals surface area contributed by atoms with E-state index in [0.29, 0.717) is 22.7 Å². The Balaban J connectivity index is 1.99. The van der Waals surface area contributed by atoms with Crippen molar-refractivity contribution in [2.24, 2.45) is 5.92 Å². The number of aromatic nitrogens is 3. The first-order valence-electron chi connectivity index (χ1n) is 7.84. The summed E-state index contributed by atoms with van der Waals surface area (Å²) in [5, 5.41) is 18.0. The number of nitrogens with one attached hydrogen (secondary N) is 2. The van der Waals surface area contributed by atoms with Crippen molar-refractivity contribution in [3.05, 3.63) is 24.3 Å². The molecule has 10 heteroatoms. The van der Waals surface area contributed by atoms with Gasteiger partial charge < -0.3 is 16.4 Å². The Kier molecular flexibility index (Phi) is 7.67. The van der Waals surface area contributed by atoms with Crippen molar-refractivity contribution in [2.45, 2.75) is 31.6 Å². The van der Waals surface area contributed by atoms with Crippen LogP contribution in [0, 0.1) is 5.92 Å². The average Bonchev–Trinajstić information content (AvgIpc) is 2.56. The van der Waals surface area contributed by atoms with Gasteiger partial charge in [0, 0.05) is 17.1 Å². The highest BCUT2D eigenvalue weighted by Crippen LogP contribution is 2.24. The van der Waals surface area contributed by atoms with E-state index in [4.69, 9.17) is 11.0 Å². The number of benzene rings is 1. The van der Waals surface area contributed by atoms with Gasteiger partial charge in [-0.1, -0.05) is 25.0 Å². The molecule has 0 amide bonds. The SMILES string of the molecule is CC(C)CCCNc1nc(N)nc(Nc2cccc(SOOO)c2)n1. The number of hydrogen-bond donors (Lipinski definition) is 4. The molecule has 0 unspecified atom stereocenters. The second-order valence-electron chi connectivity index (χ2n) is 5.68. The summed E-state index contributed by atoms with van der Waals surface area (Å²) >= 11 is 0.865. The van der Waals surface area contributed by atoms with Gasteiger partial charge >= 0.3 is 0 Å². The van der Waals surface area contributed by atoms with Gasteiger partial charge in [0.1, 0.15) is 0 Å². The molecule has 0 aliphatic rings. The zero-order valence-electron chi connectivity index (χ0n) is 14.1. The Morgan fingerprint density at radius 1 is 1.24 bits per heavy atom. The largest absolute Gasteiger partial charge is 0.368 e. The van der Waals surface area contributed by atoms with E-state index in [1.807, 2.05) is 6.07 Å². The van der Waals surface area contributed by atoms with Gasteiger partial charge in [0.2, 0.25) is 17.8 Å². The van der Waals surface area contributed by atoms with E-state index in [-0.39, 0.29) is 5.95 Å². The van der Waals surface area contributed by atoms with Gasteiger partial charge in [0.25, 0.3) is 0 Å². The summed E-state index contributed by atoms with van der Waals surface area (Å²) in [6.45, 7) is 5.14. The smallest absolute Gasteiger partial charge is 0.233 e. The van der Waals surface area contributed by atoms with Crippen molar-refractivity contribution >= 4 is 35.6 Å². The van der Waals surface area contributed by atoms with E-state index in [9.17, 15) is 0 Å². The van der Waals surface area contributed by atoms with E-state index in [2.05, 4.69) is 48.8 Å². The first kappa shape index (κ1) is 19.2. The first-order valence-corrected chi connectivity index (χ1v) is 8.58. The lowest BCUT2D eigenvalue weighted by Crippen LogP contribution is -2.10. The van der Waals surface area contributed by atoms with Crippen LogP contribution in [-0.2, 0) is 9.37 Å². The third kappa shape index (κ3) is 7.10. The molecule has 0 fully saturated rings. The fourth-order valence-electron chi connectivity index (χ4n) is 2.05. The molecule has 1 aromatic carbocycles. The number of nitrogens with two attached hydrogens (primary N) is 1. The molecule has 0 radical (unpaired) electrons. The zero-order valence-corrected chi connectivity index (χ0v) is 14.9. The predicted molar refractivity (Wildman–Crippen MR) is 97.2 cm³/mol. The Bertz CT molecular complexity index is 673. The molecule has 25 heavy (non-hydrogen) atoms. The lowest BCUT2D eigenvalue weighted by Gasteiger charge is -2.10. The van der Waals surface area contributed by atoms with Crippen LogP contribution < -0.4 is 16.4 Å². The summed E-state index contributed by atoms with van der Waals surface area (Å²) in [5.41, 5.74) is 6.48. The molecule has 0 atom stereocenters. The highest BCUT2D eigenvalue weighted by atomic mass is 32.2. The van der Waals surface area contributed by atoms with Gasteiger partial charge in [0.05, 0.1) is 12.0 Å². The Labute approximate surface area is 150 Å². The number of nitrogen functional groups attached to an aromatic ring is 1. The van der Waals surface area contributed by atoms with E-state index < -0.39 is 0 Å². The minimum Gasteiger partial charge on any atom is -0.368 e. The fourth-order valence-corrected chi connectivity index (χ4v) is 2.47. The maximum atomic E-state index is 8.21. The minimum atomic E-state index is 0.131. The molecule has 0 spiro atoms. The van der Waals surface area contributed by atoms with Crippen molar-refractivity contribution in [3.8, 4) is 0 Å². The molecule has 1 heterocycles. The van der Waals surface area contributed by atoms with Crippen molar-refractivity contribution in [1.29, 1.82) is 0 Å². The van der Waals surface area contributed by atoms with Crippen LogP contribution in [0.1, 0.15) is 26.7 Å². The molecule has 9 nitrogen and oxygen atoms in total. The van der Waals surface area contributed by atoms with Crippen molar-refractivity contribution in [3.63, 3.8) is 0 Å². The zero-order chi connectivity index (χ0) is 18.1. The third-order valence-electron chi connectivity index (χ3n) is 3.14. The molecule has 0 aliphatic heterocycles. The average molecular weight is 366 g/mol. The third-order valence-corrected chi connectivity index (χ3v) is 3.72. The molecule has 2 aromatic rings. The van der Waals surface area contributed by atoms with Crippen molar-refractivity contribution in [1.82, 2.24) is 15.0 Å². The summed E-state index contributed by atoms with van der Waals surface area (Å²) in [5.74, 6) is 1.56. The maximum absolute atomic E-state index is 8.21. The number of anilines is 4. The van der Waals surface area contributed by atoms with Gasteiger partial charge in [-0.25, -0.2) is 5.26 Å². The van der Waals surface area contributed by atoms with Crippen LogP contribution in [0.25, 0.3) is 0 Å². The number of rotatable bonds is 10. The van der Waals surface area contributed by atoms with Gasteiger partial charge in [-0.3, -0.25) is 0 Å². The monoisotopic (exact) mass is 366 g/mol. The van der Waals surface area contributed by atoms with Crippen molar-refractivity contribution in [2.75, 3.05) is 22.9 Å². The Morgan fingerprint density at radius 3 is 2.80 bits per heavy atom. The van der Waals surface area contributed by atoms with Gasteiger partial charge in [-0.2, -0.15) is 15.0 Å². The van der Waals surface area contributed by atoms with Crippen LogP contribution >= 0.6 is 12.0 Å². The summed E-state index contributed by atoms with van der Waals surface area (Å²) in [4.78, 5) is 13.2. The van der Waals surface area contributed by atoms with Crippen molar-refractivity contribution < 1.29 is 14.6 Å². The summed E-state index contributed by atoms with van der Waals surface area (Å²) in [7, 11) is 0. The number of hydrogen-bond acceptors (Lipinski definition) is 10. The molecule has 0 saturated carbocycles. The molecule has 0 bridgehead atoms. The van der Waals surface area contributed by atoms with Gasteiger partial charge in [-0.05, 0) is 37.0 Å². The quantitative estimate of drug-likeness (QED) is 0.215. The predicted octanol–water partition coefficient (Wildman–Crippen LogP) is 3.47. The molecule has 1 aromatic heterocycles. The van der Waals surface area contributed by atoms with E-state index in [1.165, 1.54) is 0 Å². The highest BCUT2D eigenvalue weighted by Gasteiger charge is 2.06. The van der Waals surface area contributed by atoms with Gasteiger partial charge in [-0.15, -0.1) is 4.33 Å². The second-order valence-corrected chi connectivity index (χ2v) is 6.46. The maximum Gasteiger partial charge on any atom is 0.233 e. The summed E-state index contributed by atoms with van der Waals surface area (Å²) < 4.78 is 4.41. The Morgan fingerprint density at radius 2 is 2.04 bits per heavy atom. The van der Waals surface area contributed by atoms with E-state index in [0.717, 1.165) is 37.1 Å². The molecular formula is C15H22N6O3S. The van der Waals surface area contributed by atoms with Crippen LogP contribution in [0.2, 0.25) is 0 Å². The summed E-state index contributed by atoms with van der Waals surface area (Å²) in [6.07, 6.45) is 2.15. The number of nitrogens with zero attached hydrogens (tertiary/aromatic N) is 3. The Hall–Kier alpha value is -2.14. The standard InChI is InChI=1S/C15H22N6O3S/c1-10(2)5-4-8-17-14-19-13(16)20-15(21-14)18-11-6-3-7-12(9-11)25-24-23-22/h3,6-7,9-10,22H,4-5,8H2,1-2H3,(H4,16,17,18,19,20,21). The normalized spacial score (nSPS) is 10.9. The first-order chi connectivity index (χ1) is 12.1.